The second-order valence-electron chi connectivity index (χ2n) is 5.17. The summed E-state index contributed by atoms with van der Waals surface area (Å²) in [5.41, 5.74) is 1.69. The van der Waals surface area contributed by atoms with Gasteiger partial charge >= 0.3 is 5.97 Å². The third-order valence-corrected chi connectivity index (χ3v) is 3.48. The van der Waals surface area contributed by atoms with E-state index in [2.05, 4.69) is 6.92 Å². The van der Waals surface area contributed by atoms with Gasteiger partial charge in [0, 0.05) is 0 Å². The molecule has 21 heavy (non-hydrogen) atoms. The highest BCUT2D eigenvalue weighted by Gasteiger charge is 2.10. The molecule has 0 amide bonds. The van der Waals surface area contributed by atoms with Crippen LogP contribution in [0.1, 0.15) is 48.5 Å². The van der Waals surface area contributed by atoms with Gasteiger partial charge in [0.25, 0.3) is 0 Å². The van der Waals surface area contributed by atoms with E-state index >= 15 is 0 Å². The van der Waals surface area contributed by atoms with E-state index in [0.717, 1.165) is 18.4 Å². The number of hydrogen-bond donors (Lipinski definition) is 0. The average Bonchev–Trinajstić information content (AvgIpc) is 2.54. The van der Waals surface area contributed by atoms with E-state index in [1.807, 2.05) is 42.5 Å². The Morgan fingerprint density at radius 3 is 2.38 bits per heavy atom. The lowest BCUT2D eigenvalue weighted by Gasteiger charge is -2.10. The number of ether oxygens (including phenoxy) is 1. The number of carbonyl (C=O) groups is 1. The highest BCUT2D eigenvalue weighted by atomic mass is 16.5. The highest BCUT2D eigenvalue weighted by Crippen LogP contribution is 2.21. The molecule has 0 bridgehead atoms. The molecule has 110 valence electrons. The maximum atomic E-state index is 12.1. The predicted octanol–water partition coefficient (Wildman–Crippen LogP) is 5.03. The molecule has 0 radical (unpaired) electrons. The van der Waals surface area contributed by atoms with Crippen molar-refractivity contribution in [2.24, 2.45) is 0 Å². The Kier molecular flexibility index (Phi) is 6.01. The fourth-order valence-electron chi connectivity index (χ4n) is 2.29. The number of para-hydroxylation sites is 1. The molecule has 0 aliphatic rings. The van der Waals surface area contributed by atoms with Crippen LogP contribution in [0.2, 0.25) is 0 Å². The van der Waals surface area contributed by atoms with Crippen LogP contribution in [0.4, 0.5) is 0 Å². The summed E-state index contributed by atoms with van der Waals surface area (Å²) in [6, 6.07) is 16.9. The number of aryl methyl sites for hydroxylation is 1. The summed E-state index contributed by atoms with van der Waals surface area (Å²) in [6.07, 6.45) is 5.79. The highest BCUT2D eigenvalue weighted by molar-refractivity contribution is 5.91. The van der Waals surface area contributed by atoms with Gasteiger partial charge < -0.3 is 4.74 Å². The van der Waals surface area contributed by atoms with Crippen molar-refractivity contribution in [3.05, 3.63) is 65.7 Å². The standard InChI is InChI=1S/C19H22O2/c1-2-3-4-6-11-16-12-9-10-15-18(16)21-19(20)17-13-7-5-8-14-17/h5,7-10,12-15H,2-4,6,11H2,1H3. The van der Waals surface area contributed by atoms with E-state index in [-0.39, 0.29) is 5.97 Å². The van der Waals surface area contributed by atoms with Gasteiger partial charge in [0.15, 0.2) is 0 Å². The summed E-state index contributed by atoms with van der Waals surface area (Å²) < 4.78 is 5.55. The second-order valence-corrected chi connectivity index (χ2v) is 5.17. The quantitative estimate of drug-likeness (QED) is 0.404. The van der Waals surface area contributed by atoms with E-state index in [1.165, 1.54) is 19.3 Å². The Morgan fingerprint density at radius 2 is 1.62 bits per heavy atom. The van der Waals surface area contributed by atoms with Crippen molar-refractivity contribution in [2.45, 2.75) is 39.0 Å². The summed E-state index contributed by atoms with van der Waals surface area (Å²) in [5, 5.41) is 0. The van der Waals surface area contributed by atoms with Gasteiger partial charge in [-0.05, 0) is 36.6 Å². The molecule has 0 saturated carbocycles. The van der Waals surface area contributed by atoms with Gasteiger partial charge in [0.05, 0.1) is 5.56 Å². The third kappa shape index (κ3) is 4.75. The monoisotopic (exact) mass is 282 g/mol. The third-order valence-electron chi connectivity index (χ3n) is 3.48. The van der Waals surface area contributed by atoms with Gasteiger partial charge in [0.2, 0.25) is 0 Å². The molecule has 0 unspecified atom stereocenters. The zero-order chi connectivity index (χ0) is 14.9. The molecule has 0 aliphatic carbocycles. The maximum absolute atomic E-state index is 12.1. The van der Waals surface area contributed by atoms with Crippen LogP contribution in [0.15, 0.2) is 54.6 Å². The Balaban J connectivity index is 2.01. The SMILES string of the molecule is CCCCCCc1ccccc1OC(=O)c1ccccc1. The van der Waals surface area contributed by atoms with E-state index in [9.17, 15) is 4.79 Å². The summed E-state index contributed by atoms with van der Waals surface area (Å²) in [6.45, 7) is 2.20. The molecule has 0 aliphatic heterocycles. The number of benzene rings is 2. The zero-order valence-corrected chi connectivity index (χ0v) is 12.5. The van der Waals surface area contributed by atoms with Crippen LogP contribution < -0.4 is 4.74 Å². The lowest BCUT2D eigenvalue weighted by Crippen LogP contribution is -2.09. The normalized spacial score (nSPS) is 10.3. The molecule has 0 heterocycles. The van der Waals surface area contributed by atoms with Crippen LogP contribution in [-0.2, 0) is 6.42 Å². The molecule has 0 fully saturated rings. The molecule has 0 atom stereocenters. The van der Waals surface area contributed by atoms with Crippen LogP contribution in [0.25, 0.3) is 0 Å². The molecule has 2 aromatic rings. The summed E-state index contributed by atoms with van der Waals surface area (Å²) in [5.74, 6) is 0.388. The number of carbonyl (C=O) groups excluding carboxylic acids is 1. The largest absolute Gasteiger partial charge is 0.423 e. The van der Waals surface area contributed by atoms with Gasteiger partial charge in [-0.1, -0.05) is 62.6 Å². The van der Waals surface area contributed by atoms with E-state index in [1.54, 1.807) is 12.1 Å². The molecule has 2 heteroatoms. The van der Waals surface area contributed by atoms with E-state index < -0.39 is 0 Å². The minimum Gasteiger partial charge on any atom is -0.423 e. The van der Waals surface area contributed by atoms with Crippen molar-refractivity contribution in [3.8, 4) is 5.75 Å². The van der Waals surface area contributed by atoms with E-state index in [4.69, 9.17) is 4.74 Å². The smallest absolute Gasteiger partial charge is 0.343 e. The predicted molar refractivity (Wildman–Crippen MR) is 85.7 cm³/mol. The summed E-state index contributed by atoms with van der Waals surface area (Å²) in [4.78, 5) is 12.1. The van der Waals surface area contributed by atoms with Gasteiger partial charge in [-0.25, -0.2) is 4.79 Å². The van der Waals surface area contributed by atoms with Gasteiger partial charge in [0.1, 0.15) is 5.75 Å². The fraction of sp³-hybridized carbons (Fsp3) is 0.316. The number of esters is 1. The summed E-state index contributed by atoms with van der Waals surface area (Å²) in [7, 11) is 0. The first-order valence-electron chi connectivity index (χ1n) is 7.66. The molecule has 2 rings (SSSR count). The average molecular weight is 282 g/mol. The molecule has 2 nitrogen and oxygen atoms in total. The molecular formula is C19H22O2. The van der Waals surface area contributed by atoms with Crippen molar-refractivity contribution in [1.29, 1.82) is 0 Å². The van der Waals surface area contributed by atoms with E-state index in [0.29, 0.717) is 11.3 Å². The van der Waals surface area contributed by atoms with Crippen LogP contribution in [-0.4, -0.2) is 5.97 Å². The van der Waals surface area contributed by atoms with Crippen molar-refractivity contribution < 1.29 is 9.53 Å². The fourth-order valence-corrected chi connectivity index (χ4v) is 2.29. The lowest BCUT2D eigenvalue weighted by atomic mass is 10.1. The minimum absolute atomic E-state index is 0.295. The topological polar surface area (TPSA) is 26.3 Å². The second kappa shape index (κ2) is 8.25. The van der Waals surface area contributed by atoms with Crippen LogP contribution >= 0.6 is 0 Å². The Hall–Kier alpha value is -2.09. The molecular weight excluding hydrogens is 260 g/mol. The molecule has 0 N–H and O–H groups in total. The van der Waals surface area contributed by atoms with Crippen molar-refractivity contribution in [2.75, 3.05) is 0 Å². The molecule has 2 aromatic carbocycles. The zero-order valence-electron chi connectivity index (χ0n) is 12.5. The van der Waals surface area contributed by atoms with Gasteiger partial charge in [-0.3, -0.25) is 0 Å². The van der Waals surface area contributed by atoms with Gasteiger partial charge in [-0.2, -0.15) is 0 Å². The number of rotatable bonds is 7. The maximum Gasteiger partial charge on any atom is 0.343 e. The first kappa shape index (κ1) is 15.3. The van der Waals surface area contributed by atoms with Crippen LogP contribution in [0.3, 0.4) is 0 Å². The van der Waals surface area contributed by atoms with Gasteiger partial charge in [-0.15, -0.1) is 0 Å². The number of unbranched alkanes of at least 4 members (excludes halogenated alkanes) is 3. The molecule has 0 aromatic heterocycles. The van der Waals surface area contributed by atoms with Crippen LogP contribution in [0.5, 0.6) is 5.75 Å². The Morgan fingerprint density at radius 1 is 0.905 bits per heavy atom. The summed E-state index contributed by atoms with van der Waals surface area (Å²) >= 11 is 0. The van der Waals surface area contributed by atoms with Crippen LogP contribution in [0, 0.1) is 0 Å². The minimum atomic E-state index is -0.295. The Labute approximate surface area is 126 Å². The first-order valence-corrected chi connectivity index (χ1v) is 7.66. The van der Waals surface area contributed by atoms with Crippen molar-refractivity contribution >= 4 is 5.97 Å². The number of hydrogen-bond acceptors (Lipinski definition) is 2. The molecule has 0 saturated heterocycles. The first-order chi connectivity index (χ1) is 10.3. The van der Waals surface area contributed by atoms with Crippen molar-refractivity contribution in [3.63, 3.8) is 0 Å². The van der Waals surface area contributed by atoms with Crippen molar-refractivity contribution in [1.82, 2.24) is 0 Å². The molecule has 0 spiro atoms. The Bertz CT molecular complexity index is 561. The lowest BCUT2D eigenvalue weighted by molar-refractivity contribution is 0.0733.